The first-order chi connectivity index (χ1) is 10.7. The highest BCUT2D eigenvalue weighted by atomic mass is 19.1. The maximum atomic E-state index is 13.6. The molecule has 3 aromatic rings. The molecule has 0 bridgehead atoms. The average Bonchev–Trinajstić information content (AvgIpc) is 3.18. The monoisotopic (exact) mass is 299 g/mol. The molecule has 2 aromatic heterocycles. The van der Waals surface area contributed by atoms with E-state index in [1.807, 2.05) is 37.3 Å². The van der Waals surface area contributed by atoms with Crippen molar-refractivity contribution in [2.24, 2.45) is 0 Å². The van der Waals surface area contributed by atoms with Crippen molar-refractivity contribution in [3.05, 3.63) is 65.8 Å². The van der Waals surface area contributed by atoms with Crippen LogP contribution in [0.25, 0.3) is 11.5 Å². The lowest BCUT2D eigenvalue weighted by atomic mass is 10.1. The maximum absolute atomic E-state index is 13.6. The van der Waals surface area contributed by atoms with Gasteiger partial charge in [0.25, 0.3) is 0 Å². The van der Waals surface area contributed by atoms with Crippen LogP contribution < -0.4 is 5.32 Å². The van der Waals surface area contributed by atoms with E-state index in [4.69, 9.17) is 4.42 Å². The van der Waals surface area contributed by atoms with E-state index in [1.165, 1.54) is 6.07 Å². The van der Waals surface area contributed by atoms with Gasteiger partial charge in [-0.25, -0.2) is 4.39 Å². The first-order valence-electron chi connectivity index (χ1n) is 7.27. The van der Waals surface area contributed by atoms with Crippen molar-refractivity contribution in [1.29, 1.82) is 0 Å². The van der Waals surface area contributed by atoms with E-state index < -0.39 is 0 Å². The average molecular weight is 299 g/mol. The number of hydrogen-bond acceptors (Lipinski definition) is 3. The highest BCUT2D eigenvalue weighted by molar-refractivity contribution is 5.51. The van der Waals surface area contributed by atoms with Crippen molar-refractivity contribution >= 4 is 0 Å². The van der Waals surface area contributed by atoms with E-state index in [9.17, 15) is 4.39 Å². The van der Waals surface area contributed by atoms with Crippen molar-refractivity contribution in [1.82, 2.24) is 15.5 Å². The Morgan fingerprint density at radius 1 is 1.23 bits per heavy atom. The molecule has 0 amide bonds. The van der Waals surface area contributed by atoms with Gasteiger partial charge in [-0.3, -0.25) is 5.10 Å². The molecule has 0 spiro atoms. The fourth-order valence-electron chi connectivity index (χ4n) is 2.35. The third-order valence-electron chi connectivity index (χ3n) is 3.54. The highest BCUT2D eigenvalue weighted by Crippen LogP contribution is 2.19. The molecular formula is C17H18FN3O. The Hall–Kier alpha value is -2.40. The van der Waals surface area contributed by atoms with Crippen molar-refractivity contribution in [3.8, 4) is 11.5 Å². The number of nitrogens with one attached hydrogen (secondary N) is 2. The molecule has 4 nitrogen and oxygen atoms in total. The summed E-state index contributed by atoms with van der Waals surface area (Å²) in [7, 11) is 0. The van der Waals surface area contributed by atoms with Crippen LogP contribution in [0.3, 0.4) is 0 Å². The highest BCUT2D eigenvalue weighted by Gasteiger charge is 2.09. The molecule has 0 fully saturated rings. The fraction of sp³-hybridized carbons (Fsp3) is 0.235. The molecule has 2 N–H and O–H groups in total. The standard InChI is InChI=1S/C17H18FN3O/c1-12(10-13-4-2-3-5-15(13)18)19-11-14-6-7-17(22-14)16-8-9-20-21-16/h2-9,12,19H,10-11H2,1H3,(H,20,21). The van der Waals surface area contributed by atoms with Gasteiger partial charge in [-0.05, 0) is 43.2 Å². The zero-order valence-electron chi connectivity index (χ0n) is 12.3. The number of H-pyrrole nitrogens is 1. The fourth-order valence-corrected chi connectivity index (χ4v) is 2.35. The number of aromatic amines is 1. The smallest absolute Gasteiger partial charge is 0.152 e. The number of rotatable bonds is 6. The van der Waals surface area contributed by atoms with Crippen LogP contribution in [0.5, 0.6) is 0 Å². The number of benzene rings is 1. The van der Waals surface area contributed by atoms with E-state index in [-0.39, 0.29) is 11.9 Å². The van der Waals surface area contributed by atoms with Gasteiger partial charge in [0.05, 0.1) is 6.54 Å². The van der Waals surface area contributed by atoms with Crippen molar-refractivity contribution < 1.29 is 8.81 Å². The van der Waals surface area contributed by atoms with Gasteiger partial charge >= 0.3 is 0 Å². The Kier molecular flexibility index (Phi) is 4.34. The van der Waals surface area contributed by atoms with E-state index in [0.717, 1.165) is 22.8 Å². The molecular weight excluding hydrogens is 281 g/mol. The summed E-state index contributed by atoms with van der Waals surface area (Å²) in [5.74, 6) is 1.44. The van der Waals surface area contributed by atoms with E-state index in [2.05, 4.69) is 15.5 Å². The Morgan fingerprint density at radius 2 is 2.09 bits per heavy atom. The minimum atomic E-state index is -0.157. The molecule has 1 atom stereocenters. The molecule has 0 saturated heterocycles. The number of hydrogen-bond donors (Lipinski definition) is 2. The molecule has 114 valence electrons. The summed E-state index contributed by atoms with van der Waals surface area (Å²) in [4.78, 5) is 0. The van der Waals surface area contributed by atoms with Crippen LogP contribution in [-0.2, 0) is 13.0 Å². The molecule has 0 saturated carbocycles. The third kappa shape index (κ3) is 3.43. The lowest BCUT2D eigenvalue weighted by Crippen LogP contribution is -2.27. The second-order valence-corrected chi connectivity index (χ2v) is 5.31. The van der Waals surface area contributed by atoms with Gasteiger partial charge in [0, 0.05) is 12.2 Å². The summed E-state index contributed by atoms with van der Waals surface area (Å²) in [5, 5.41) is 10.1. The van der Waals surface area contributed by atoms with Gasteiger partial charge < -0.3 is 9.73 Å². The Morgan fingerprint density at radius 3 is 2.86 bits per heavy atom. The van der Waals surface area contributed by atoms with Crippen LogP contribution in [0.1, 0.15) is 18.2 Å². The van der Waals surface area contributed by atoms with Crippen molar-refractivity contribution in [3.63, 3.8) is 0 Å². The first-order valence-corrected chi connectivity index (χ1v) is 7.27. The van der Waals surface area contributed by atoms with E-state index in [1.54, 1.807) is 12.3 Å². The zero-order valence-corrected chi connectivity index (χ0v) is 12.3. The van der Waals surface area contributed by atoms with Gasteiger partial charge in [0.1, 0.15) is 17.3 Å². The summed E-state index contributed by atoms with van der Waals surface area (Å²) < 4.78 is 19.4. The predicted molar refractivity (Wildman–Crippen MR) is 82.7 cm³/mol. The SMILES string of the molecule is CC(Cc1ccccc1F)NCc1ccc(-c2ccn[nH]2)o1. The minimum absolute atomic E-state index is 0.151. The van der Waals surface area contributed by atoms with Gasteiger partial charge in [-0.2, -0.15) is 5.10 Å². The molecule has 22 heavy (non-hydrogen) atoms. The summed E-state index contributed by atoms with van der Waals surface area (Å²) in [6.45, 7) is 2.63. The first kappa shape index (κ1) is 14.5. The summed E-state index contributed by atoms with van der Waals surface area (Å²) in [6.07, 6.45) is 2.33. The molecule has 0 aliphatic rings. The zero-order chi connectivity index (χ0) is 15.4. The van der Waals surface area contributed by atoms with E-state index in [0.29, 0.717) is 13.0 Å². The molecule has 1 aromatic carbocycles. The molecule has 0 aliphatic carbocycles. The maximum Gasteiger partial charge on any atom is 0.152 e. The summed E-state index contributed by atoms with van der Waals surface area (Å²) >= 11 is 0. The number of nitrogens with zero attached hydrogens (tertiary/aromatic N) is 1. The number of halogens is 1. The molecule has 0 aliphatic heterocycles. The van der Waals surface area contributed by atoms with Gasteiger partial charge in [-0.1, -0.05) is 18.2 Å². The van der Waals surface area contributed by atoms with Crippen LogP contribution in [0.4, 0.5) is 4.39 Å². The third-order valence-corrected chi connectivity index (χ3v) is 3.54. The lowest BCUT2D eigenvalue weighted by molar-refractivity contribution is 0.456. The van der Waals surface area contributed by atoms with Gasteiger partial charge in [0.15, 0.2) is 5.76 Å². The second-order valence-electron chi connectivity index (χ2n) is 5.31. The molecule has 2 heterocycles. The van der Waals surface area contributed by atoms with Gasteiger partial charge in [0.2, 0.25) is 0 Å². The summed E-state index contributed by atoms with van der Waals surface area (Å²) in [5.41, 5.74) is 1.57. The van der Waals surface area contributed by atoms with Crippen LogP contribution >= 0.6 is 0 Å². The normalized spacial score (nSPS) is 12.5. The number of aromatic nitrogens is 2. The van der Waals surface area contributed by atoms with Crippen molar-refractivity contribution in [2.75, 3.05) is 0 Å². The molecule has 3 rings (SSSR count). The van der Waals surface area contributed by atoms with Crippen LogP contribution in [-0.4, -0.2) is 16.2 Å². The van der Waals surface area contributed by atoms with Gasteiger partial charge in [-0.15, -0.1) is 0 Å². The Labute approximate surface area is 128 Å². The predicted octanol–water partition coefficient (Wildman–Crippen LogP) is 3.53. The van der Waals surface area contributed by atoms with Crippen LogP contribution in [0, 0.1) is 5.82 Å². The lowest BCUT2D eigenvalue weighted by Gasteiger charge is -2.13. The Balaban J connectivity index is 1.55. The molecule has 0 radical (unpaired) electrons. The quantitative estimate of drug-likeness (QED) is 0.732. The van der Waals surface area contributed by atoms with Crippen molar-refractivity contribution in [2.45, 2.75) is 25.9 Å². The second kappa shape index (κ2) is 6.58. The van der Waals surface area contributed by atoms with Crippen LogP contribution in [0.2, 0.25) is 0 Å². The Bertz CT molecular complexity index is 721. The largest absolute Gasteiger partial charge is 0.458 e. The minimum Gasteiger partial charge on any atom is -0.458 e. The molecule has 1 unspecified atom stereocenters. The molecule has 5 heteroatoms. The van der Waals surface area contributed by atoms with Crippen LogP contribution in [0.15, 0.2) is 53.1 Å². The van der Waals surface area contributed by atoms with E-state index >= 15 is 0 Å². The topological polar surface area (TPSA) is 53.9 Å². The summed E-state index contributed by atoms with van der Waals surface area (Å²) in [6, 6.07) is 12.7. The number of furan rings is 1.